The van der Waals surface area contributed by atoms with Crippen LogP contribution in [0.5, 0.6) is 0 Å². The van der Waals surface area contributed by atoms with E-state index >= 15 is 0 Å². The second-order valence-electron chi connectivity index (χ2n) is 3.69. The van der Waals surface area contributed by atoms with E-state index in [2.05, 4.69) is 35.9 Å². The van der Waals surface area contributed by atoms with Crippen LogP contribution in [0, 0.1) is 4.77 Å². The van der Waals surface area contributed by atoms with Gasteiger partial charge in [-0.3, -0.25) is 4.57 Å². The van der Waals surface area contributed by atoms with Crippen LogP contribution in [0.15, 0.2) is 0 Å². The van der Waals surface area contributed by atoms with Crippen molar-refractivity contribution in [2.45, 2.75) is 39.8 Å². The molecule has 1 N–H and O–H groups in total. The Bertz CT molecular complexity index is 339. The number of rotatable bonds is 4. The lowest BCUT2D eigenvalue weighted by Gasteiger charge is -2.22. The molecule has 1 rings (SSSR count). The van der Waals surface area contributed by atoms with Crippen molar-refractivity contribution in [2.24, 2.45) is 0 Å². The fourth-order valence-corrected chi connectivity index (χ4v) is 1.45. The number of anilines is 1. The fourth-order valence-electron chi connectivity index (χ4n) is 1.23. The van der Waals surface area contributed by atoms with Crippen LogP contribution >= 0.6 is 12.2 Å². The maximum atomic E-state index is 5.16. The molecule has 0 radical (unpaired) electrons. The highest BCUT2D eigenvalue weighted by Gasteiger charge is 2.12. The van der Waals surface area contributed by atoms with Crippen molar-refractivity contribution in [3.63, 3.8) is 0 Å². The summed E-state index contributed by atoms with van der Waals surface area (Å²) >= 11 is 5.16. The summed E-state index contributed by atoms with van der Waals surface area (Å²) in [5.41, 5.74) is 0. The van der Waals surface area contributed by atoms with E-state index < -0.39 is 0 Å². The molecule has 0 atom stereocenters. The monoisotopic (exact) mass is 214 g/mol. The van der Waals surface area contributed by atoms with E-state index in [9.17, 15) is 0 Å². The van der Waals surface area contributed by atoms with Crippen molar-refractivity contribution >= 4 is 18.2 Å². The molecule has 1 heterocycles. The summed E-state index contributed by atoms with van der Waals surface area (Å²) in [6.07, 6.45) is 1.06. The van der Waals surface area contributed by atoms with E-state index in [1.807, 2.05) is 11.6 Å². The first-order valence-corrected chi connectivity index (χ1v) is 5.36. The molecule has 0 fully saturated rings. The van der Waals surface area contributed by atoms with Gasteiger partial charge in [0, 0.05) is 19.6 Å². The van der Waals surface area contributed by atoms with Crippen molar-refractivity contribution in [3.8, 4) is 0 Å². The molecule has 1 aromatic heterocycles. The third-order valence-corrected chi connectivity index (χ3v) is 2.59. The molecule has 0 bridgehead atoms. The molecular weight excluding hydrogens is 196 g/mol. The lowest BCUT2D eigenvalue weighted by atomic mass is 10.3. The molecule has 0 saturated heterocycles. The predicted molar refractivity (Wildman–Crippen MR) is 61.2 cm³/mol. The van der Waals surface area contributed by atoms with E-state index in [-0.39, 0.29) is 0 Å². The van der Waals surface area contributed by atoms with Crippen LogP contribution in [0.4, 0.5) is 5.95 Å². The minimum atomic E-state index is 0.427. The molecule has 0 unspecified atom stereocenters. The second-order valence-corrected chi connectivity index (χ2v) is 4.07. The topological polar surface area (TPSA) is 36.9 Å². The number of aromatic nitrogens is 3. The summed E-state index contributed by atoms with van der Waals surface area (Å²) in [4.78, 5) is 2.11. The Kier molecular flexibility index (Phi) is 3.69. The van der Waals surface area contributed by atoms with Crippen molar-refractivity contribution in [1.82, 2.24) is 14.8 Å². The Morgan fingerprint density at radius 1 is 1.57 bits per heavy atom. The lowest BCUT2D eigenvalue weighted by molar-refractivity contribution is 0.633. The van der Waals surface area contributed by atoms with Gasteiger partial charge in [-0.2, -0.15) is 0 Å². The van der Waals surface area contributed by atoms with Gasteiger partial charge in [-0.1, -0.05) is 6.92 Å². The van der Waals surface area contributed by atoms with E-state index in [1.54, 1.807) is 0 Å². The SMILES string of the molecule is CCCn1c(N(C)C(C)C)n[nH]c1=S. The minimum Gasteiger partial charge on any atom is -0.342 e. The van der Waals surface area contributed by atoms with Gasteiger partial charge in [0.1, 0.15) is 0 Å². The van der Waals surface area contributed by atoms with E-state index in [4.69, 9.17) is 12.2 Å². The summed E-state index contributed by atoms with van der Waals surface area (Å²) in [5, 5.41) is 7.06. The molecule has 0 aromatic carbocycles. The third-order valence-electron chi connectivity index (χ3n) is 2.28. The molecule has 0 aliphatic heterocycles. The predicted octanol–water partition coefficient (Wildman–Crippen LogP) is 2.20. The zero-order valence-corrected chi connectivity index (χ0v) is 10.1. The smallest absolute Gasteiger partial charge is 0.225 e. The minimum absolute atomic E-state index is 0.427. The molecule has 0 amide bonds. The van der Waals surface area contributed by atoms with Gasteiger partial charge in [-0.25, -0.2) is 5.10 Å². The van der Waals surface area contributed by atoms with Gasteiger partial charge in [0.05, 0.1) is 0 Å². The summed E-state index contributed by atoms with van der Waals surface area (Å²) in [7, 11) is 2.03. The van der Waals surface area contributed by atoms with E-state index in [1.165, 1.54) is 0 Å². The van der Waals surface area contributed by atoms with Gasteiger partial charge in [0.2, 0.25) is 5.95 Å². The second kappa shape index (κ2) is 4.59. The summed E-state index contributed by atoms with van der Waals surface area (Å²) < 4.78 is 2.74. The van der Waals surface area contributed by atoms with Gasteiger partial charge >= 0.3 is 0 Å². The number of hydrogen-bond donors (Lipinski definition) is 1. The van der Waals surface area contributed by atoms with E-state index in [0.29, 0.717) is 10.8 Å². The lowest BCUT2D eigenvalue weighted by Crippen LogP contribution is -2.28. The largest absolute Gasteiger partial charge is 0.342 e. The Hall–Kier alpha value is -0.840. The number of aromatic amines is 1. The molecule has 0 saturated carbocycles. The third kappa shape index (κ3) is 2.15. The molecule has 80 valence electrons. The summed E-state index contributed by atoms with van der Waals surface area (Å²) in [5.74, 6) is 0.923. The fraction of sp³-hybridized carbons (Fsp3) is 0.778. The highest BCUT2D eigenvalue weighted by atomic mass is 32.1. The number of H-pyrrole nitrogens is 1. The Morgan fingerprint density at radius 2 is 2.21 bits per heavy atom. The van der Waals surface area contributed by atoms with Crippen LogP contribution in [0.2, 0.25) is 0 Å². The normalized spacial score (nSPS) is 10.9. The zero-order chi connectivity index (χ0) is 10.7. The van der Waals surface area contributed by atoms with Crippen LogP contribution in [0.1, 0.15) is 27.2 Å². The van der Waals surface area contributed by atoms with Gasteiger partial charge in [-0.05, 0) is 32.5 Å². The zero-order valence-electron chi connectivity index (χ0n) is 9.24. The number of hydrogen-bond acceptors (Lipinski definition) is 3. The first kappa shape index (κ1) is 11.2. The van der Waals surface area contributed by atoms with Crippen molar-refractivity contribution < 1.29 is 0 Å². The average Bonchev–Trinajstić information content (AvgIpc) is 2.48. The van der Waals surface area contributed by atoms with Gasteiger partial charge in [0.25, 0.3) is 0 Å². The summed E-state index contributed by atoms with van der Waals surface area (Å²) in [6, 6.07) is 0.427. The molecule has 5 heteroatoms. The first-order valence-electron chi connectivity index (χ1n) is 4.96. The number of nitrogens with one attached hydrogen (secondary N) is 1. The van der Waals surface area contributed by atoms with Crippen LogP contribution in [-0.2, 0) is 6.54 Å². The average molecular weight is 214 g/mol. The van der Waals surface area contributed by atoms with Crippen molar-refractivity contribution in [1.29, 1.82) is 0 Å². The van der Waals surface area contributed by atoms with Gasteiger partial charge in [-0.15, -0.1) is 5.10 Å². The molecule has 1 aromatic rings. The Morgan fingerprint density at radius 3 is 2.71 bits per heavy atom. The molecule has 4 nitrogen and oxygen atoms in total. The Balaban J connectivity index is 3.02. The standard InChI is InChI=1S/C9H18N4S/c1-5-6-13-8(10-11-9(13)14)12(4)7(2)3/h7H,5-6H2,1-4H3,(H,11,14). The maximum absolute atomic E-state index is 5.16. The van der Waals surface area contributed by atoms with Crippen LogP contribution in [-0.4, -0.2) is 27.9 Å². The Labute approximate surface area is 89.9 Å². The van der Waals surface area contributed by atoms with Crippen molar-refractivity contribution in [2.75, 3.05) is 11.9 Å². The quantitative estimate of drug-likeness (QED) is 0.781. The number of nitrogens with zero attached hydrogens (tertiary/aromatic N) is 3. The van der Waals surface area contributed by atoms with Gasteiger partial charge in [0.15, 0.2) is 4.77 Å². The van der Waals surface area contributed by atoms with Crippen LogP contribution in [0.25, 0.3) is 0 Å². The molecule has 0 aliphatic carbocycles. The van der Waals surface area contributed by atoms with E-state index in [0.717, 1.165) is 18.9 Å². The van der Waals surface area contributed by atoms with Crippen LogP contribution in [0.3, 0.4) is 0 Å². The van der Waals surface area contributed by atoms with Crippen LogP contribution < -0.4 is 4.90 Å². The molecule has 0 aliphatic rings. The first-order chi connectivity index (χ1) is 6.57. The molecule has 0 spiro atoms. The highest BCUT2D eigenvalue weighted by Crippen LogP contribution is 2.12. The maximum Gasteiger partial charge on any atom is 0.225 e. The molecule has 14 heavy (non-hydrogen) atoms. The van der Waals surface area contributed by atoms with Gasteiger partial charge < -0.3 is 4.90 Å². The highest BCUT2D eigenvalue weighted by molar-refractivity contribution is 7.71. The molecular formula is C9H18N4S. The van der Waals surface area contributed by atoms with Crippen molar-refractivity contribution in [3.05, 3.63) is 4.77 Å². The summed E-state index contributed by atoms with van der Waals surface area (Å²) in [6.45, 7) is 7.32.